The molecule has 0 spiro atoms. The summed E-state index contributed by atoms with van der Waals surface area (Å²) in [6.07, 6.45) is 1.91. The van der Waals surface area contributed by atoms with Gasteiger partial charge in [0.05, 0.1) is 36.6 Å². The topological polar surface area (TPSA) is 84.1 Å². The van der Waals surface area contributed by atoms with Crippen LogP contribution in [0.25, 0.3) is 11.8 Å². The van der Waals surface area contributed by atoms with E-state index in [9.17, 15) is 9.59 Å². The van der Waals surface area contributed by atoms with Gasteiger partial charge in [-0.25, -0.2) is 9.79 Å². The fraction of sp³-hybridized carbons (Fsp3) is 0.303. The van der Waals surface area contributed by atoms with Crippen LogP contribution in [0.1, 0.15) is 53.5 Å². The highest BCUT2D eigenvalue weighted by Crippen LogP contribution is 2.38. The lowest BCUT2D eigenvalue weighted by molar-refractivity contribution is -0.139. The number of methoxy groups -OCH3 is 2. The molecular formula is C33H35N3O5S. The fourth-order valence-corrected chi connectivity index (χ4v) is 6.51. The van der Waals surface area contributed by atoms with E-state index in [0.29, 0.717) is 32.1 Å². The molecule has 2 aromatic carbocycles. The molecule has 4 aromatic rings. The smallest absolute Gasteiger partial charge is 0.338 e. The molecular weight excluding hydrogens is 550 g/mol. The SMILES string of the molecule is CCOC(=O)C1=C(C)N=c2s/c(=C/c3cc(C)n(-c4ccc(C)c(C)c4)c3C)c(=O)n2[C@@H]1c1cc(OC)ccc1OC. The fourth-order valence-electron chi connectivity index (χ4n) is 5.48. The highest BCUT2D eigenvalue weighted by atomic mass is 32.1. The first-order chi connectivity index (χ1) is 20.1. The van der Waals surface area contributed by atoms with Gasteiger partial charge in [-0.15, -0.1) is 0 Å². The number of aromatic nitrogens is 2. The molecule has 0 saturated heterocycles. The van der Waals surface area contributed by atoms with Crippen LogP contribution in [0.3, 0.4) is 0 Å². The first-order valence-corrected chi connectivity index (χ1v) is 14.6. The summed E-state index contributed by atoms with van der Waals surface area (Å²) in [5.41, 5.74) is 7.69. The number of hydrogen-bond donors (Lipinski definition) is 0. The molecule has 1 atom stereocenters. The number of esters is 1. The Labute approximate surface area is 248 Å². The van der Waals surface area contributed by atoms with Crippen molar-refractivity contribution in [2.75, 3.05) is 20.8 Å². The zero-order valence-corrected chi connectivity index (χ0v) is 26.0. The van der Waals surface area contributed by atoms with Gasteiger partial charge in [-0.2, -0.15) is 0 Å². The molecule has 0 fully saturated rings. The molecule has 42 heavy (non-hydrogen) atoms. The molecule has 0 unspecified atom stereocenters. The number of hydrogen-bond acceptors (Lipinski definition) is 7. The number of thiazole rings is 1. The van der Waals surface area contributed by atoms with E-state index >= 15 is 0 Å². The molecule has 0 saturated carbocycles. The van der Waals surface area contributed by atoms with Crippen LogP contribution in [-0.4, -0.2) is 35.9 Å². The molecule has 0 bridgehead atoms. The predicted octanol–water partition coefficient (Wildman–Crippen LogP) is 4.84. The monoisotopic (exact) mass is 585 g/mol. The largest absolute Gasteiger partial charge is 0.497 e. The number of allylic oxidation sites excluding steroid dienone is 1. The van der Waals surface area contributed by atoms with Crippen molar-refractivity contribution in [2.45, 2.75) is 47.6 Å². The van der Waals surface area contributed by atoms with Crippen LogP contribution in [-0.2, 0) is 9.53 Å². The van der Waals surface area contributed by atoms with Crippen molar-refractivity contribution >= 4 is 23.4 Å². The van der Waals surface area contributed by atoms with Gasteiger partial charge in [-0.05, 0) is 101 Å². The van der Waals surface area contributed by atoms with E-state index in [4.69, 9.17) is 19.2 Å². The van der Waals surface area contributed by atoms with E-state index in [2.05, 4.69) is 56.5 Å². The molecule has 1 aliphatic rings. The second kappa shape index (κ2) is 11.5. The predicted molar refractivity (Wildman–Crippen MR) is 165 cm³/mol. The lowest BCUT2D eigenvalue weighted by atomic mass is 9.94. The molecule has 9 heteroatoms. The summed E-state index contributed by atoms with van der Waals surface area (Å²) in [7, 11) is 3.12. The molecule has 8 nitrogen and oxygen atoms in total. The summed E-state index contributed by atoms with van der Waals surface area (Å²) in [5, 5.41) is 0. The third kappa shape index (κ3) is 4.98. The summed E-state index contributed by atoms with van der Waals surface area (Å²) < 4.78 is 20.9. The van der Waals surface area contributed by atoms with Gasteiger partial charge in [-0.3, -0.25) is 9.36 Å². The number of carbonyl (C=O) groups is 1. The van der Waals surface area contributed by atoms with Crippen molar-refractivity contribution in [3.63, 3.8) is 0 Å². The minimum absolute atomic E-state index is 0.193. The number of rotatable bonds is 7. The second-order valence-corrected chi connectivity index (χ2v) is 11.3. The number of aryl methyl sites for hydroxylation is 3. The average Bonchev–Trinajstić information content (AvgIpc) is 3.42. The number of benzene rings is 2. The second-order valence-electron chi connectivity index (χ2n) is 10.3. The van der Waals surface area contributed by atoms with E-state index in [0.717, 1.165) is 22.6 Å². The van der Waals surface area contributed by atoms with Crippen molar-refractivity contribution in [1.29, 1.82) is 0 Å². The summed E-state index contributed by atoms with van der Waals surface area (Å²) in [6.45, 7) is 12.0. The Kier molecular flexibility index (Phi) is 7.97. The molecule has 0 radical (unpaired) electrons. The van der Waals surface area contributed by atoms with Crippen molar-refractivity contribution in [1.82, 2.24) is 9.13 Å². The molecule has 218 valence electrons. The third-order valence-corrected chi connectivity index (χ3v) is 8.74. The third-order valence-electron chi connectivity index (χ3n) is 7.75. The molecule has 0 aliphatic carbocycles. The Morgan fingerprint density at radius 3 is 2.43 bits per heavy atom. The maximum atomic E-state index is 14.2. The number of carbonyl (C=O) groups excluding carboxylic acids is 1. The van der Waals surface area contributed by atoms with Gasteiger partial charge in [0.1, 0.15) is 17.5 Å². The standard InChI is InChI=1S/C33H35N3O5S/c1-9-41-32(38)29-21(5)34-33-36(30(29)26-17-25(39-7)12-13-27(26)40-8)31(37)28(42-33)16-23-15-20(4)35(22(23)6)24-11-10-18(2)19(3)14-24/h10-17,30H,9H2,1-8H3/b28-16+/t30-/m1/s1. The van der Waals surface area contributed by atoms with Gasteiger partial charge in [0.25, 0.3) is 5.56 Å². The zero-order valence-electron chi connectivity index (χ0n) is 25.2. The molecule has 0 amide bonds. The van der Waals surface area contributed by atoms with Crippen molar-refractivity contribution < 1.29 is 19.0 Å². The van der Waals surface area contributed by atoms with Gasteiger partial charge < -0.3 is 18.8 Å². The van der Waals surface area contributed by atoms with Gasteiger partial charge in [-0.1, -0.05) is 17.4 Å². The molecule has 3 heterocycles. The highest BCUT2D eigenvalue weighted by molar-refractivity contribution is 7.07. The van der Waals surface area contributed by atoms with Crippen molar-refractivity contribution in [3.05, 3.63) is 107 Å². The molecule has 1 aliphatic heterocycles. The molecule has 5 rings (SSSR count). The summed E-state index contributed by atoms with van der Waals surface area (Å²) >= 11 is 1.29. The Bertz CT molecular complexity index is 1930. The Morgan fingerprint density at radius 2 is 1.76 bits per heavy atom. The van der Waals surface area contributed by atoms with Crippen molar-refractivity contribution in [3.8, 4) is 17.2 Å². The Balaban J connectivity index is 1.73. The number of fused-ring (bicyclic) bond motifs is 1. The van der Waals surface area contributed by atoms with Crippen LogP contribution >= 0.6 is 11.3 Å². The van der Waals surface area contributed by atoms with Gasteiger partial charge in [0, 0.05) is 22.6 Å². The van der Waals surface area contributed by atoms with Gasteiger partial charge >= 0.3 is 5.97 Å². The summed E-state index contributed by atoms with van der Waals surface area (Å²) in [4.78, 5) is 32.7. The van der Waals surface area contributed by atoms with Gasteiger partial charge in [0.15, 0.2) is 4.80 Å². The van der Waals surface area contributed by atoms with Crippen molar-refractivity contribution in [2.24, 2.45) is 4.99 Å². The van der Waals surface area contributed by atoms with Crippen LogP contribution in [0, 0.1) is 27.7 Å². The Morgan fingerprint density at radius 1 is 1.00 bits per heavy atom. The molecule has 2 aromatic heterocycles. The first-order valence-electron chi connectivity index (χ1n) is 13.8. The molecule has 0 N–H and O–H groups in total. The highest BCUT2D eigenvalue weighted by Gasteiger charge is 2.35. The quantitative estimate of drug-likeness (QED) is 0.290. The van der Waals surface area contributed by atoms with Crippen LogP contribution in [0.2, 0.25) is 0 Å². The van der Waals surface area contributed by atoms with Crippen LogP contribution in [0.15, 0.2) is 63.5 Å². The number of nitrogens with zero attached hydrogens (tertiary/aromatic N) is 3. The van der Waals surface area contributed by atoms with Crippen LogP contribution < -0.4 is 24.4 Å². The number of ether oxygens (including phenoxy) is 3. The minimum Gasteiger partial charge on any atom is -0.497 e. The normalized spacial score (nSPS) is 15.0. The van der Waals surface area contributed by atoms with Gasteiger partial charge in [0.2, 0.25) is 0 Å². The summed E-state index contributed by atoms with van der Waals surface area (Å²) in [5.74, 6) is 0.563. The lowest BCUT2D eigenvalue weighted by Crippen LogP contribution is -2.40. The van der Waals surface area contributed by atoms with Crippen LogP contribution in [0.4, 0.5) is 0 Å². The van der Waals surface area contributed by atoms with E-state index < -0.39 is 12.0 Å². The van der Waals surface area contributed by atoms with E-state index in [1.807, 2.05) is 6.08 Å². The maximum absolute atomic E-state index is 14.2. The summed E-state index contributed by atoms with van der Waals surface area (Å²) in [6, 6.07) is 13.0. The van der Waals surface area contributed by atoms with E-state index in [1.165, 1.54) is 22.5 Å². The average molecular weight is 586 g/mol. The first kappa shape index (κ1) is 29.1. The Hall–Kier alpha value is -4.37. The van der Waals surface area contributed by atoms with Crippen LogP contribution in [0.5, 0.6) is 11.5 Å². The minimum atomic E-state index is -0.810. The zero-order chi connectivity index (χ0) is 30.3. The lowest BCUT2D eigenvalue weighted by Gasteiger charge is -2.26. The maximum Gasteiger partial charge on any atom is 0.338 e. The van der Waals surface area contributed by atoms with E-state index in [-0.39, 0.29) is 17.7 Å². The van der Waals surface area contributed by atoms with E-state index in [1.54, 1.807) is 50.8 Å².